The van der Waals surface area contributed by atoms with E-state index in [0.717, 1.165) is 0 Å². The molecule has 0 bridgehead atoms. The molecule has 0 radical (unpaired) electrons. The molecule has 1 aliphatic carbocycles. The van der Waals surface area contributed by atoms with Crippen LogP contribution in [0, 0.1) is 5.92 Å². The molecule has 0 saturated heterocycles. The summed E-state index contributed by atoms with van der Waals surface area (Å²) in [5, 5.41) is 8.64. The Balaban J connectivity index is 2.29. The van der Waals surface area contributed by atoms with Crippen LogP contribution >= 0.6 is 0 Å². The number of hydrogen-bond acceptors (Lipinski definition) is 3. The van der Waals surface area contributed by atoms with Crippen LogP contribution in [0.1, 0.15) is 0 Å². The summed E-state index contributed by atoms with van der Waals surface area (Å²) in [6.07, 6.45) is 3.17. The number of carboxylic acid groups (broad SMARTS) is 1. The Bertz CT molecular complexity index is 264. The van der Waals surface area contributed by atoms with E-state index in [0.29, 0.717) is 11.5 Å². The maximum absolute atomic E-state index is 10.5. The summed E-state index contributed by atoms with van der Waals surface area (Å²) in [6.45, 7) is 0.138. The zero-order chi connectivity index (χ0) is 7.84. The molecule has 58 valence electrons. The van der Waals surface area contributed by atoms with Crippen LogP contribution in [0.5, 0.6) is 0 Å². The number of carbonyl (C=O) groups is 1. The fraction of sp³-hybridized carbons (Fsp3) is 0.286. The van der Waals surface area contributed by atoms with Crippen LogP contribution in [0.15, 0.2) is 23.7 Å². The summed E-state index contributed by atoms with van der Waals surface area (Å²) in [4.78, 5) is 10.5. The summed E-state index contributed by atoms with van der Waals surface area (Å²) in [7, 11) is 0. The Morgan fingerprint density at radius 3 is 3.18 bits per heavy atom. The lowest BCUT2D eigenvalue weighted by Crippen LogP contribution is -2.12. The molecule has 2 aliphatic rings. The van der Waals surface area contributed by atoms with Crippen LogP contribution in [0.2, 0.25) is 0 Å². The van der Waals surface area contributed by atoms with Crippen molar-refractivity contribution in [3.05, 3.63) is 23.7 Å². The Kier molecular flexibility index (Phi) is 1.15. The van der Waals surface area contributed by atoms with Crippen molar-refractivity contribution in [3.63, 3.8) is 0 Å². The molecule has 11 heavy (non-hydrogen) atoms. The predicted molar refractivity (Wildman–Crippen MR) is 34.3 cm³/mol. The lowest BCUT2D eigenvalue weighted by atomic mass is 10.1. The normalized spacial score (nSPS) is 26.4. The highest BCUT2D eigenvalue weighted by Gasteiger charge is 2.32. The first-order valence-electron chi connectivity index (χ1n) is 3.20. The maximum Gasteiger partial charge on any atom is 0.318 e. The molecule has 1 N–H and O–H groups in total. The van der Waals surface area contributed by atoms with Crippen LogP contribution in [-0.2, 0) is 14.3 Å². The number of carboxylic acids is 1. The molecule has 0 spiro atoms. The number of rotatable bonds is 1. The highest BCUT2D eigenvalue weighted by Crippen LogP contribution is 2.31. The molecule has 0 aromatic carbocycles. The topological polar surface area (TPSA) is 55.8 Å². The molecular formula is C7H6O4. The van der Waals surface area contributed by atoms with Gasteiger partial charge in [-0.25, -0.2) is 0 Å². The SMILES string of the molecule is O=C(O)C1C=CC2=C1OCO2. The molecule has 0 aromatic heterocycles. The van der Waals surface area contributed by atoms with E-state index < -0.39 is 11.9 Å². The van der Waals surface area contributed by atoms with Crippen LogP contribution in [-0.4, -0.2) is 17.9 Å². The third kappa shape index (κ3) is 0.790. The highest BCUT2D eigenvalue weighted by atomic mass is 16.7. The third-order valence-corrected chi connectivity index (χ3v) is 1.66. The van der Waals surface area contributed by atoms with E-state index >= 15 is 0 Å². The quantitative estimate of drug-likeness (QED) is 0.596. The highest BCUT2D eigenvalue weighted by molar-refractivity contribution is 5.77. The van der Waals surface area contributed by atoms with Gasteiger partial charge < -0.3 is 14.6 Å². The van der Waals surface area contributed by atoms with Crippen molar-refractivity contribution in [1.29, 1.82) is 0 Å². The molecule has 1 atom stereocenters. The molecule has 1 heterocycles. The van der Waals surface area contributed by atoms with E-state index in [4.69, 9.17) is 14.6 Å². The van der Waals surface area contributed by atoms with Gasteiger partial charge in [0.15, 0.2) is 11.5 Å². The first kappa shape index (κ1) is 6.27. The van der Waals surface area contributed by atoms with Crippen LogP contribution < -0.4 is 0 Å². The minimum atomic E-state index is -0.906. The first-order chi connectivity index (χ1) is 5.29. The summed E-state index contributed by atoms with van der Waals surface area (Å²) in [6, 6.07) is 0. The van der Waals surface area contributed by atoms with Crippen LogP contribution in [0.4, 0.5) is 0 Å². The molecule has 1 aliphatic heterocycles. The maximum atomic E-state index is 10.5. The van der Waals surface area contributed by atoms with Gasteiger partial charge in [0.1, 0.15) is 5.92 Å². The number of aliphatic carboxylic acids is 1. The van der Waals surface area contributed by atoms with Crippen molar-refractivity contribution in [2.24, 2.45) is 5.92 Å². The molecular weight excluding hydrogens is 148 g/mol. The van der Waals surface area contributed by atoms with E-state index in [-0.39, 0.29) is 6.79 Å². The molecule has 2 rings (SSSR count). The van der Waals surface area contributed by atoms with Gasteiger partial charge in [0.25, 0.3) is 0 Å². The zero-order valence-electron chi connectivity index (χ0n) is 5.61. The second-order valence-corrected chi connectivity index (χ2v) is 2.31. The van der Waals surface area contributed by atoms with Gasteiger partial charge in [-0.3, -0.25) is 4.79 Å². The fourth-order valence-electron chi connectivity index (χ4n) is 1.14. The summed E-state index contributed by atoms with van der Waals surface area (Å²) in [5.41, 5.74) is 0. The Labute approximate surface area is 62.7 Å². The van der Waals surface area contributed by atoms with Gasteiger partial charge in [0.05, 0.1) is 0 Å². The van der Waals surface area contributed by atoms with Crippen molar-refractivity contribution in [2.45, 2.75) is 0 Å². The van der Waals surface area contributed by atoms with Gasteiger partial charge in [0, 0.05) is 0 Å². The largest absolute Gasteiger partial charge is 0.480 e. The molecule has 4 heteroatoms. The molecule has 0 aromatic rings. The minimum absolute atomic E-state index is 0.138. The zero-order valence-corrected chi connectivity index (χ0v) is 5.61. The third-order valence-electron chi connectivity index (χ3n) is 1.66. The van der Waals surface area contributed by atoms with Gasteiger partial charge in [-0.15, -0.1) is 0 Å². The van der Waals surface area contributed by atoms with E-state index in [1.165, 1.54) is 0 Å². The second-order valence-electron chi connectivity index (χ2n) is 2.31. The summed E-state index contributed by atoms with van der Waals surface area (Å²) >= 11 is 0. The predicted octanol–water partition coefficient (Wildman–Crippen LogP) is 0.473. The molecule has 1 unspecified atom stereocenters. The lowest BCUT2D eigenvalue weighted by molar-refractivity contribution is -0.139. The Morgan fingerprint density at radius 1 is 1.64 bits per heavy atom. The number of hydrogen-bond donors (Lipinski definition) is 1. The standard InChI is InChI=1S/C7H6O4/c8-7(9)4-1-2-5-6(4)11-3-10-5/h1-2,4H,3H2,(H,8,9). The van der Waals surface area contributed by atoms with Crippen molar-refractivity contribution < 1.29 is 19.4 Å². The fourth-order valence-corrected chi connectivity index (χ4v) is 1.14. The summed E-state index contributed by atoms with van der Waals surface area (Å²) in [5.74, 6) is -0.570. The lowest BCUT2D eigenvalue weighted by Gasteiger charge is -2.03. The van der Waals surface area contributed by atoms with Crippen molar-refractivity contribution in [1.82, 2.24) is 0 Å². The molecule has 0 fully saturated rings. The average molecular weight is 154 g/mol. The smallest absolute Gasteiger partial charge is 0.318 e. The van der Waals surface area contributed by atoms with Gasteiger partial charge >= 0.3 is 5.97 Å². The van der Waals surface area contributed by atoms with Gasteiger partial charge in [-0.1, -0.05) is 6.08 Å². The van der Waals surface area contributed by atoms with E-state index in [1.54, 1.807) is 12.2 Å². The van der Waals surface area contributed by atoms with Gasteiger partial charge in [-0.2, -0.15) is 0 Å². The van der Waals surface area contributed by atoms with Crippen LogP contribution in [0.25, 0.3) is 0 Å². The van der Waals surface area contributed by atoms with Crippen molar-refractivity contribution in [2.75, 3.05) is 6.79 Å². The number of ether oxygens (including phenoxy) is 2. The van der Waals surface area contributed by atoms with Gasteiger partial charge in [-0.05, 0) is 6.08 Å². The molecule has 0 amide bonds. The molecule has 4 nitrogen and oxygen atoms in total. The Hall–Kier alpha value is -1.45. The second kappa shape index (κ2) is 2.02. The Morgan fingerprint density at radius 2 is 2.45 bits per heavy atom. The van der Waals surface area contributed by atoms with Crippen molar-refractivity contribution in [3.8, 4) is 0 Å². The monoisotopic (exact) mass is 154 g/mol. The van der Waals surface area contributed by atoms with Gasteiger partial charge in [0.2, 0.25) is 6.79 Å². The summed E-state index contributed by atoms with van der Waals surface area (Å²) < 4.78 is 9.93. The van der Waals surface area contributed by atoms with E-state index in [1.807, 2.05) is 0 Å². The van der Waals surface area contributed by atoms with Crippen LogP contribution in [0.3, 0.4) is 0 Å². The van der Waals surface area contributed by atoms with E-state index in [2.05, 4.69) is 0 Å². The molecule has 0 saturated carbocycles. The first-order valence-corrected chi connectivity index (χ1v) is 3.20. The van der Waals surface area contributed by atoms with Crippen molar-refractivity contribution >= 4 is 5.97 Å². The average Bonchev–Trinajstić information content (AvgIpc) is 2.41. The minimum Gasteiger partial charge on any atom is -0.480 e. The van der Waals surface area contributed by atoms with E-state index in [9.17, 15) is 4.79 Å². The number of allylic oxidation sites excluding steroid dienone is 1.